The van der Waals surface area contributed by atoms with Gasteiger partial charge in [-0.2, -0.15) is 0 Å². The maximum atomic E-state index is 12.5. The van der Waals surface area contributed by atoms with Crippen LogP contribution in [-0.2, 0) is 28.7 Å². The first-order chi connectivity index (χ1) is 31.9. The predicted octanol–water partition coefficient (Wildman–Crippen LogP) is 11.0. The summed E-state index contributed by atoms with van der Waals surface area (Å²) in [6, 6.07) is 11.9. The van der Waals surface area contributed by atoms with Crippen molar-refractivity contribution in [2.75, 3.05) is 57.1 Å². The molecule has 2 aliphatic carbocycles. The molecule has 2 aliphatic rings. The van der Waals surface area contributed by atoms with Gasteiger partial charge in [0.25, 0.3) is 0 Å². The van der Waals surface area contributed by atoms with E-state index in [1.54, 1.807) is 13.8 Å². The van der Waals surface area contributed by atoms with Crippen LogP contribution in [0.3, 0.4) is 0 Å². The number of aliphatic hydroxyl groups excluding tert-OH is 1. The Bertz CT molecular complexity index is 1720. The molecule has 2 fully saturated rings. The number of carbonyl (C=O) groups is 4. The molecule has 13 heteroatoms. The van der Waals surface area contributed by atoms with E-state index in [2.05, 4.69) is 54.8 Å². The van der Waals surface area contributed by atoms with Crippen molar-refractivity contribution >= 4 is 46.5 Å². The summed E-state index contributed by atoms with van der Waals surface area (Å²) in [5, 5.41) is 9.57. The Morgan fingerprint density at radius 1 is 0.606 bits per heavy atom. The molecular weight excluding hydrogens is 953 g/mol. The van der Waals surface area contributed by atoms with E-state index in [0.29, 0.717) is 91.7 Å². The molecule has 1 N–H and O–H groups in total. The molecule has 0 atom stereocenters. The van der Waals surface area contributed by atoms with Gasteiger partial charge >= 0.3 is 23.9 Å². The van der Waals surface area contributed by atoms with Gasteiger partial charge in [-0.3, -0.25) is 14.5 Å². The lowest BCUT2D eigenvalue weighted by Gasteiger charge is -2.28. The second-order valence-corrected chi connectivity index (χ2v) is 19.0. The summed E-state index contributed by atoms with van der Waals surface area (Å²) in [5.41, 5.74) is 2.99. The number of nitrogens with zero attached hydrogens (tertiary/aromatic N) is 1. The fraction of sp³-hybridized carbons (Fsp3) is 0.623. The number of esters is 4. The third kappa shape index (κ3) is 19.7. The second kappa shape index (κ2) is 30.4. The number of hydrogen-bond donors (Lipinski definition) is 1. The van der Waals surface area contributed by atoms with E-state index >= 15 is 0 Å². The largest absolute Gasteiger partial charge is 0.490 e. The Morgan fingerprint density at radius 3 is 1.42 bits per heavy atom. The number of benzene rings is 2. The molecule has 366 valence electrons. The SMILES string of the molecule is C=C(C)C(=O)Oc1cc(C2CCC(CC)CC2)ccc1OCCCCCOC(=O)CCN(CCO)CCC(=O)OCCCCCOc1ccc(C2CCC(CI)CC2)cc1OC(=O)C(=C)C. The van der Waals surface area contributed by atoms with Crippen LogP contribution in [0, 0.1) is 11.8 Å². The van der Waals surface area contributed by atoms with Crippen LogP contribution in [0.5, 0.6) is 23.0 Å². The topological polar surface area (TPSA) is 147 Å². The van der Waals surface area contributed by atoms with Gasteiger partial charge in [-0.05, 0) is 163 Å². The summed E-state index contributed by atoms with van der Waals surface area (Å²) in [7, 11) is 0. The van der Waals surface area contributed by atoms with Crippen molar-refractivity contribution in [3.8, 4) is 23.0 Å². The van der Waals surface area contributed by atoms with Crippen LogP contribution < -0.4 is 18.9 Å². The summed E-state index contributed by atoms with van der Waals surface area (Å²) in [4.78, 5) is 51.7. The van der Waals surface area contributed by atoms with Crippen molar-refractivity contribution in [3.63, 3.8) is 0 Å². The number of hydrogen-bond acceptors (Lipinski definition) is 12. The summed E-state index contributed by atoms with van der Waals surface area (Å²) < 4.78 is 35.6. The first kappa shape index (κ1) is 54.7. The zero-order valence-corrected chi connectivity index (χ0v) is 42.1. The van der Waals surface area contributed by atoms with Crippen molar-refractivity contribution in [2.45, 2.75) is 142 Å². The molecule has 4 rings (SSSR count). The molecule has 2 aromatic carbocycles. The van der Waals surface area contributed by atoms with Gasteiger partial charge in [0, 0.05) is 35.2 Å². The molecule has 2 aromatic rings. The smallest absolute Gasteiger partial charge is 0.338 e. The molecule has 0 amide bonds. The van der Waals surface area contributed by atoms with E-state index in [9.17, 15) is 24.3 Å². The predicted molar refractivity (Wildman–Crippen MR) is 266 cm³/mol. The van der Waals surface area contributed by atoms with Crippen molar-refractivity contribution in [2.24, 2.45) is 11.8 Å². The summed E-state index contributed by atoms with van der Waals surface area (Å²) in [5.74, 6) is 2.73. The maximum absolute atomic E-state index is 12.5. The quantitative estimate of drug-likeness (QED) is 0.0198. The van der Waals surface area contributed by atoms with Crippen LogP contribution in [0.25, 0.3) is 0 Å². The average molecular weight is 1030 g/mol. The molecule has 0 radical (unpaired) electrons. The highest BCUT2D eigenvalue weighted by Crippen LogP contribution is 2.41. The first-order valence-electron chi connectivity index (χ1n) is 24.4. The number of carbonyl (C=O) groups excluding carboxylic acids is 4. The van der Waals surface area contributed by atoms with Crippen LogP contribution in [0.1, 0.15) is 153 Å². The van der Waals surface area contributed by atoms with Crippen LogP contribution in [0.2, 0.25) is 0 Å². The van der Waals surface area contributed by atoms with E-state index in [4.69, 9.17) is 28.4 Å². The normalized spacial score (nSPS) is 18.3. The first-order valence-corrected chi connectivity index (χ1v) is 25.9. The lowest BCUT2D eigenvalue weighted by Crippen LogP contribution is -2.32. The third-order valence-corrected chi connectivity index (χ3v) is 14.0. The summed E-state index contributed by atoms with van der Waals surface area (Å²) in [6.45, 7) is 15.3. The minimum atomic E-state index is -0.478. The van der Waals surface area contributed by atoms with E-state index in [1.165, 1.54) is 47.7 Å². The molecule has 0 aromatic heterocycles. The molecule has 66 heavy (non-hydrogen) atoms. The zero-order chi connectivity index (χ0) is 47.7. The molecule has 0 saturated heterocycles. The van der Waals surface area contributed by atoms with Crippen LogP contribution in [-0.4, -0.2) is 91.0 Å². The Morgan fingerprint density at radius 2 is 1.03 bits per heavy atom. The Kier molecular flexibility index (Phi) is 25.2. The van der Waals surface area contributed by atoms with Crippen LogP contribution in [0.15, 0.2) is 60.7 Å². The monoisotopic (exact) mass is 1030 g/mol. The molecule has 0 heterocycles. The minimum Gasteiger partial charge on any atom is -0.490 e. The Hall–Kier alpha value is -3.95. The number of unbranched alkanes of at least 4 members (excludes halogenated alkanes) is 4. The Balaban J connectivity index is 1.06. The third-order valence-electron chi connectivity index (χ3n) is 12.8. The van der Waals surface area contributed by atoms with Crippen molar-refractivity contribution < 1.29 is 52.7 Å². The molecule has 0 unspecified atom stereocenters. The van der Waals surface area contributed by atoms with E-state index < -0.39 is 11.9 Å². The highest BCUT2D eigenvalue weighted by molar-refractivity contribution is 14.1. The maximum Gasteiger partial charge on any atom is 0.338 e. The lowest BCUT2D eigenvalue weighted by molar-refractivity contribution is -0.144. The van der Waals surface area contributed by atoms with Gasteiger partial charge in [-0.15, -0.1) is 0 Å². The van der Waals surface area contributed by atoms with Gasteiger partial charge in [0.15, 0.2) is 23.0 Å². The highest BCUT2D eigenvalue weighted by Gasteiger charge is 2.25. The number of halogens is 1. The number of aliphatic hydroxyl groups is 1. The number of ether oxygens (including phenoxy) is 6. The lowest BCUT2D eigenvalue weighted by atomic mass is 9.78. The molecular formula is C53H76INO11. The van der Waals surface area contributed by atoms with E-state index in [1.807, 2.05) is 29.2 Å². The molecule has 0 spiro atoms. The van der Waals surface area contributed by atoms with Crippen LogP contribution >= 0.6 is 22.6 Å². The number of alkyl halides is 1. The highest BCUT2D eigenvalue weighted by atomic mass is 127. The fourth-order valence-electron chi connectivity index (χ4n) is 8.50. The summed E-state index contributed by atoms with van der Waals surface area (Å²) in [6.07, 6.45) is 15.2. The van der Waals surface area contributed by atoms with E-state index in [0.717, 1.165) is 63.2 Å². The molecule has 0 aliphatic heterocycles. The zero-order valence-electron chi connectivity index (χ0n) is 39.9. The fourth-order valence-corrected chi connectivity index (χ4v) is 9.38. The van der Waals surface area contributed by atoms with Crippen molar-refractivity contribution in [1.82, 2.24) is 4.90 Å². The van der Waals surface area contributed by atoms with Crippen LogP contribution in [0.4, 0.5) is 0 Å². The van der Waals surface area contributed by atoms with Gasteiger partial charge in [0.1, 0.15) is 0 Å². The molecule has 0 bridgehead atoms. The second-order valence-electron chi connectivity index (χ2n) is 18.1. The van der Waals surface area contributed by atoms with Gasteiger partial charge in [-0.25, -0.2) is 9.59 Å². The standard InChI is InChI=1S/C53H76INO11/c1-6-40-13-17-42(18-14-40)44-21-23-46(48(35-44)65-52(59)38(2)3)61-31-9-7-11-33-63-50(57)25-27-55(29-30-56)28-26-51(58)64-34-12-8-10-32-62-47-24-22-45(36-49(47)66-53(60)39(4)5)43-19-15-41(37-54)16-20-43/h21-24,35-36,40-43,56H,2,4,6-20,25-34,37H2,1,3,5H3. The van der Waals surface area contributed by atoms with Gasteiger partial charge in [0.05, 0.1) is 45.9 Å². The van der Waals surface area contributed by atoms with Gasteiger partial charge in [0.2, 0.25) is 0 Å². The minimum absolute atomic E-state index is 0.0994. The average Bonchev–Trinajstić information content (AvgIpc) is 3.32. The van der Waals surface area contributed by atoms with E-state index in [-0.39, 0.29) is 44.6 Å². The molecule has 2 saturated carbocycles. The molecule has 12 nitrogen and oxygen atoms in total. The van der Waals surface area contributed by atoms with Crippen molar-refractivity contribution in [3.05, 3.63) is 71.8 Å². The Labute approximate surface area is 407 Å². The summed E-state index contributed by atoms with van der Waals surface area (Å²) >= 11 is 2.47. The number of rotatable bonds is 30. The van der Waals surface area contributed by atoms with Gasteiger partial charge < -0.3 is 33.5 Å². The van der Waals surface area contributed by atoms with Crippen molar-refractivity contribution in [1.29, 1.82) is 0 Å². The van der Waals surface area contributed by atoms with Gasteiger partial charge in [-0.1, -0.05) is 61.2 Å².